The van der Waals surface area contributed by atoms with Crippen molar-refractivity contribution in [2.24, 2.45) is 0 Å². The van der Waals surface area contributed by atoms with E-state index in [1.54, 1.807) is 13.2 Å². The SMILES string of the molecule is COc1c(-c2cccc3c2ccn3C2CC2)cc(F)c2c1-n1c(C)nnc1C(C)(C)N2. The Hall–Kier alpha value is -3.35. The van der Waals surface area contributed by atoms with Crippen molar-refractivity contribution in [3.8, 4) is 22.6 Å². The number of hydrogen-bond acceptors (Lipinski definition) is 4. The van der Waals surface area contributed by atoms with Crippen LogP contribution in [0.25, 0.3) is 27.7 Å². The van der Waals surface area contributed by atoms with Crippen LogP contribution in [-0.4, -0.2) is 26.4 Å². The summed E-state index contributed by atoms with van der Waals surface area (Å²) in [6, 6.07) is 10.5. The molecule has 1 aliphatic carbocycles. The normalized spacial score (nSPS) is 16.7. The molecule has 2 aromatic carbocycles. The van der Waals surface area contributed by atoms with Crippen molar-refractivity contribution < 1.29 is 9.13 Å². The minimum atomic E-state index is -0.566. The van der Waals surface area contributed by atoms with Gasteiger partial charge in [-0.3, -0.25) is 4.57 Å². The minimum absolute atomic E-state index is 0.323. The highest BCUT2D eigenvalue weighted by atomic mass is 19.1. The Morgan fingerprint density at radius 2 is 1.97 bits per heavy atom. The number of anilines is 1. The molecule has 1 saturated carbocycles. The Bertz CT molecular complexity index is 1360. The van der Waals surface area contributed by atoms with E-state index in [1.165, 1.54) is 18.4 Å². The summed E-state index contributed by atoms with van der Waals surface area (Å²) in [6.07, 6.45) is 4.56. The van der Waals surface area contributed by atoms with Gasteiger partial charge in [-0.25, -0.2) is 4.39 Å². The lowest BCUT2D eigenvalue weighted by Crippen LogP contribution is -2.36. The highest BCUT2D eigenvalue weighted by Gasteiger charge is 2.38. The van der Waals surface area contributed by atoms with Gasteiger partial charge in [-0.1, -0.05) is 12.1 Å². The molecule has 0 saturated heterocycles. The summed E-state index contributed by atoms with van der Waals surface area (Å²) in [5.74, 6) is 1.70. The quantitative estimate of drug-likeness (QED) is 0.489. The van der Waals surface area contributed by atoms with E-state index in [1.807, 2.05) is 37.5 Å². The molecule has 1 aliphatic heterocycles. The molecule has 1 fully saturated rings. The first-order chi connectivity index (χ1) is 14.9. The van der Waals surface area contributed by atoms with Crippen LogP contribution in [0.15, 0.2) is 36.5 Å². The van der Waals surface area contributed by atoms with Gasteiger partial charge >= 0.3 is 0 Å². The van der Waals surface area contributed by atoms with Crippen molar-refractivity contribution in [1.82, 2.24) is 19.3 Å². The lowest BCUT2D eigenvalue weighted by atomic mass is 9.95. The summed E-state index contributed by atoms with van der Waals surface area (Å²) >= 11 is 0. The number of halogens is 1. The lowest BCUT2D eigenvalue weighted by molar-refractivity contribution is 0.409. The number of hydrogen-bond donors (Lipinski definition) is 1. The number of nitrogens with one attached hydrogen (secondary N) is 1. The second kappa shape index (κ2) is 6.09. The number of rotatable bonds is 3. The van der Waals surface area contributed by atoms with Crippen molar-refractivity contribution in [1.29, 1.82) is 0 Å². The summed E-state index contributed by atoms with van der Waals surface area (Å²) in [6.45, 7) is 5.82. The fourth-order valence-electron chi connectivity index (χ4n) is 4.86. The van der Waals surface area contributed by atoms with E-state index in [4.69, 9.17) is 4.74 Å². The predicted molar refractivity (Wildman–Crippen MR) is 118 cm³/mol. The highest BCUT2D eigenvalue weighted by Crippen LogP contribution is 2.49. The number of methoxy groups -OCH3 is 1. The zero-order chi connectivity index (χ0) is 21.5. The largest absolute Gasteiger partial charge is 0.494 e. The number of nitrogens with zero attached hydrogens (tertiary/aromatic N) is 4. The van der Waals surface area contributed by atoms with Gasteiger partial charge in [-0.2, -0.15) is 0 Å². The van der Waals surface area contributed by atoms with E-state index in [9.17, 15) is 0 Å². The van der Waals surface area contributed by atoms with E-state index >= 15 is 4.39 Å². The zero-order valence-electron chi connectivity index (χ0n) is 18.0. The van der Waals surface area contributed by atoms with Gasteiger partial charge in [0.05, 0.1) is 18.3 Å². The molecule has 158 valence electrons. The van der Waals surface area contributed by atoms with Crippen LogP contribution >= 0.6 is 0 Å². The maximum atomic E-state index is 15.6. The van der Waals surface area contributed by atoms with E-state index in [-0.39, 0.29) is 5.82 Å². The fourth-order valence-corrected chi connectivity index (χ4v) is 4.86. The standard InChI is InChI=1S/C24H24FN5O/c1-13-27-28-23-24(2,3)26-20-18(25)12-17(22(31-4)21(20)30(13)23)15-6-5-7-19-16(15)10-11-29(19)14-8-9-14/h5-7,10-12,14,26H,8-9H2,1-4H3. The van der Waals surface area contributed by atoms with Crippen LogP contribution < -0.4 is 10.1 Å². The summed E-state index contributed by atoms with van der Waals surface area (Å²) in [4.78, 5) is 0. The van der Waals surface area contributed by atoms with Crippen molar-refractivity contribution in [3.63, 3.8) is 0 Å². The fraction of sp³-hybridized carbons (Fsp3) is 0.333. The second-order valence-corrected chi connectivity index (χ2v) is 9.01. The van der Waals surface area contributed by atoms with Crippen LogP contribution in [-0.2, 0) is 5.54 Å². The summed E-state index contributed by atoms with van der Waals surface area (Å²) in [5, 5.41) is 13.0. The first-order valence-corrected chi connectivity index (χ1v) is 10.6. The van der Waals surface area contributed by atoms with E-state index in [0.29, 0.717) is 29.0 Å². The van der Waals surface area contributed by atoms with Crippen LogP contribution in [0, 0.1) is 12.7 Å². The Labute approximate surface area is 179 Å². The third-order valence-corrected chi connectivity index (χ3v) is 6.45. The Kier molecular flexibility index (Phi) is 3.62. The van der Waals surface area contributed by atoms with E-state index in [0.717, 1.165) is 22.3 Å². The first-order valence-electron chi connectivity index (χ1n) is 10.6. The molecule has 6 nitrogen and oxygen atoms in total. The molecule has 0 atom stereocenters. The van der Waals surface area contributed by atoms with E-state index in [2.05, 4.69) is 38.4 Å². The van der Waals surface area contributed by atoms with Gasteiger partial charge < -0.3 is 14.6 Å². The van der Waals surface area contributed by atoms with Crippen molar-refractivity contribution >= 4 is 16.6 Å². The zero-order valence-corrected chi connectivity index (χ0v) is 18.0. The van der Waals surface area contributed by atoms with Gasteiger partial charge in [-0.15, -0.1) is 10.2 Å². The van der Waals surface area contributed by atoms with Crippen LogP contribution in [0.3, 0.4) is 0 Å². The van der Waals surface area contributed by atoms with Gasteiger partial charge in [0.15, 0.2) is 11.6 Å². The third kappa shape index (κ3) is 2.49. The summed E-state index contributed by atoms with van der Waals surface area (Å²) in [5.41, 5.74) is 3.30. The predicted octanol–water partition coefficient (Wildman–Crippen LogP) is 5.34. The number of fused-ring (bicyclic) bond motifs is 4. The van der Waals surface area contributed by atoms with Crippen molar-refractivity contribution in [2.75, 3.05) is 12.4 Å². The molecule has 0 bridgehead atoms. The maximum absolute atomic E-state index is 15.6. The molecule has 4 aromatic rings. The third-order valence-electron chi connectivity index (χ3n) is 6.45. The van der Waals surface area contributed by atoms with Gasteiger partial charge in [0.25, 0.3) is 0 Å². The topological polar surface area (TPSA) is 56.9 Å². The molecule has 7 heteroatoms. The number of aryl methyl sites for hydroxylation is 1. The van der Waals surface area contributed by atoms with Gasteiger partial charge in [0, 0.05) is 28.7 Å². The molecule has 0 spiro atoms. The van der Waals surface area contributed by atoms with Gasteiger partial charge in [0.1, 0.15) is 17.3 Å². The number of ether oxygens (including phenoxy) is 1. The van der Waals surface area contributed by atoms with Gasteiger partial charge in [-0.05, 0) is 57.4 Å². The molecule has 0 radical (unpaired) electrons. The minimum Gasteiger partial charge on any atom is -0.494 e. The highest BCUT2D eigenvalue weighted by molar-refractivity contribution is 5.99. The van der Waals surface area contributed by atoms with Gasteiger partial charge in [0.2, 0.25) is 0 Å². The maximum Gasteiger partial charge on any atom is 0.162 e. The Morgan fingerprint density at radius 3 is 2.71 bits per heavy atom. The van der Waals surface area contributed by atoms with Crippen molar-refractivity contribution in [2.45, 2.75) is 45.2 Å². The number of benzene rings is 2. The molecule has 0 amide bonds. The average Bonchev–Trinajstić information content (AvgIpc) is 3.36. The molecule has 2 aliphatic rings. The Morgan fingerprint density at radius 1 is 1.16 bits per heavy atom. The molecule has 2 aromatic heterocycles. The molecule has 0 unspecified atom stereocenters. The van der Waals surface area contributed by atoms with Crippen molar-refractivity contribution in [3.05, 3.63) is 54.0 Å². The first kappa shape index (κ1) is 18.4. The summed E-state index contributed by atoms with van der Waals surface area (Å²) < 4.78 is 25.7. The van der Waals surface area contributed by atoms with Crippen LogP contribution in [0.1, 0.15) is 44.4 Å². The number of aromatic nitrogens is 4. The smallest absolute Gasteiger partial charge is 0.162 e. The van der Waals surface area contributed by atoms with Crippen LogP contribution in [0.4, 0.5) is 10.1 Å². The molecular formula is C24H24FN5O. The van der Waals surface area contributed by atoms with E-state index < -0.39 is 5.54 Å². The molecule has 1 N–H and O–H groups in total. The van der Waals surface area contributed by atoms with Crippen LogP contribution in [0.5, 0.6) is 5.75 Å². The molecule has 31 heavy (non-hydrogen) atoms. The molecule has 6 rings (SSSR count). The molecular weight excluding hydrogens is 393 g/mol. The monoisotopic (exact) mass is 417 g/mol. The second-order valence-electron chi connectivity index (χ2n) is 9.01. The summed E-state index contributed by atoms with van der Waals surface area (Å²) in [7, 11) is 1.63. The Balaban J connectivity index is 1.66. The molecule has 3 heterocycles. The average molecular weight is 417 g/mol. The lowest BCUT2D eigenvalue weighted by Gasteiger charge is -2.35. The van der Waals surface area contributed by atoms with Crippen LogP contribution in [0.2, 0.25) is 0 Å².